The number of carbonyl (C=O) groups is 1. The fraction of sp³-hybridized carbons (Fsp3) is 0.429. The number of aromatic nitrogens is 4. The zero-order valence-corrected chi connectivity index (χ0v) is 12.8. The van der Waals surface area contributed by atoms with E-state index in [1.165, 1.54) is 10.2 Å². The summed E-state index contributed by atoms with van der Waals surface area (Å²) in [5.41, 5.74) is 2.79. The maximum absolute atomic E-state index is 12.4. The number of nitrogens with zero attached hydrogens (tertiary/aromatic N) is 4. The average molecular weight is 307 g/mol. The first-order chi connectivity index (χ1) is 9.58. The largest absolute Gasteiger partial charge is 0.289 e. The normalized spacial score (nSPS) is 10.1. The molecule has 0 saturated carbocycles. The zero-order valence-electron chi connectivity index (χ0n) is 12.0. The third-order valence-corrected chi connectivity index (χ3v) is 4.14. The number of benzene rings is 1. The number of hydrogen-bond donors (Lipinski definition) is 1. The summed E-state index contributed by atoms with van der Waals surface area (Å²) >= 11 is 1.64. The molecule has 0 atom stereocenters. The van der Waals surface area contributed by atoms with Crippen molar-refractivity contribution in [3.05, 3.63) is 28.8 Å². The molecule has 6 nitrogen and oxygen atoms in total. The second-order valence-electron chi connectivity index (χ2n) is 4.36. The summed E-state index contributed by atoms with van der Waals surface area (Å²) in [5.74, 6) is 0.172. The Labute approximate surface area is 129 Å². The van der Waals surface area contributed by atoms with Gasteiger partial charge in [-0.3, -0.25) is 10.1 Å². The van der Waals surface area contributed by atoms with Crippen LogP contribution in [-0.2, 0) is 6.54 Å². The number of thioether (sulfide) groups is 1. The molecule has 114 valence electrons. The Morgan fingerprint density at radius 3 is 2.71 bits per heavy atom. The van der Waals surface area contributed by atoms with E-state index < -0.39 is 0 Å². The van der Waals surface area contributed by atoms with E-state index in [1.807, 2.05) is 39.2 Å². The van der Waals surface area contributed by atoms with Gasteiger partial charge in [0.1, 0.15) is 0 Å². The van der Waals surface area contributed by atoms with E-state index in [1.54, 1.807) is 11.8 Å². The lowest BCUT2D eigenvalue weighted by Crippen LogP contribution is -2.17. The lowest BCUT2D eigenvalue weighted by Gasteiger charge is -2.12. The minimum absolute atomic E-state index is 0. The molecule has 0 unspecified atom stereocenters. The second-order valence-corrected chi connectivity index (χ2v) is 5.18. The maximum Gasteiger partial charge on any atom is 0.258 e. The van der Waals surface area contributed by atoms with Crippen LogP contribution in [0.15, 0.2) is 17.0 Å². The van der Waals surface area contributed by atoms with E-state index in [0.717, 1.165) is 10.5 Å². The summed E-state index contributed by atoms with van der Waals surface area (Å²) in [6, 6.07) is 3.79. The Kier molecular flexibility index (Phi) is 5.90. The minimum Gasteiger partial charge on any atom is -0.289 e. The van der Waals surface area contributed by atoms with Crippen LogP contribution in [0.5, 0.6) is 0 Å². The Hall–Kier alpha value is -1.89. The second kappa shape index (κ2) is 7.21. The van der Waals surface area contributed by atoms with Crippen molar-refractivity contribution in [2.75, 3.05) is 11.6 Å². The number of aryl methyl sites for hydroxylation is 2. The smallest absolute Gasteiger partial charge is 0.258 e. The number of hydrogen-bond acceptors (Lipinski definition) is 5. The molecule has 0 radical (unpaired) electrons. The summed E-state index contributed by atoms with van der Waals surface area (Å²) in [7, 11) is 0. The Balaban J connectivity index is 0.00000220. The fourth-order valence-corrected chi connectivity index (χ4v) is 2.87. The number of amides is 1. The van der Waals surface area contributed by atoms with Crippen molar-refractivity contribution in [1.29, 1.82) is 0 Å². The highest BCUT2D eigenvalue weighted by molar-refractivity contribution is 7.98. The Bertz CT molecular complexity index is 638. The minimum atomic E-state index is -0.192. The standard InChI is InChI=1S/C13H17N5OS.CH4/c1-5-18-13(15-16-17-18)14-12(19)10-7-6-8(2)11(20-4)9(10)3;/h6-7H,5H2,1-4H3,(H,14,15,17,19);1H4. The topological polar surface area (TPSA) is 72.7 Å². The molecule has 0 aliphatic rings. The molecule has 21 heavy (non-hydrogen) atoms. The van der Waals surface area contributed by atoms with Gasteiger partial charge in [0.2, 0.25) is 5.95 Å². The van der Waals surface area contributed by atoms with Gasteiger partial charge in [-0.05, 0) is 54.6 Å². The summed E-state index contributed by atoms with van der Waals surface area (Å²) in [6.07, 6.45) is 2.01. The van der Waals surface area contributed by atoms with Gasteiger partial charge < -0.3 is 0 Å². The van der Waals surface area contributed by atoms with Crippen LogP contribution in [0.1, 0.15) is 35.8 Å². The van der Waals surface area contributed by atoms with Gasteiger partial charge in [0, 0.05) is 17.0 Å². The van der Waals surface area contributed by atoms with Gasteiger partial charge in [-0.1, -0.05) is 18.6 Å². The molecule has 0 fully saturated rings. The number of nitrogens with one attached hydrogen (secondary N) is 1. The molecule has 2 rings (SSSR count). The van der Waals surface area contributed by atoms with Crippen molar-refractivity contribution in [3.8, 4) is 0 Å². The third kappa shape index (κ3) is 3.41. The van der Waals surface area contributed by atoms with Crippen LogP contribution in [0.3, 0.4) is 0 Å². The molecule has 2 aromatic rings. The van der Waals surface area contributed by atoms with Gasteiger partial charge in [-0.15, -0.1) is 11.8 Å². The first kappa shape index (κ1) is 17.2. The van der Waals surface area contributed by atoms with E-state index in [0.29, 0.717) is 18.1 Å². The van der Waals surface area contributed by atoms with E-state index >= 15 is 0 Å². The van der Waals surface area contributed by atoms with Gasteiger partial charge >= 0.3 is 0 Å². The molecule has 1 N–H and O–H groups in total. The van der Waals surface area contributed by atoms with Crippen molar-refractivity contribution in [2.45, 2.75) is 39.6 Å². The molecule has 0 aliphatic heterocycles. The van der Waals surface area contributed by atoms with Gasteiger partial charge in [0.15, 0.2) is 0 Å². The quantitative estimate of drug-likeness (QED) is 0.879. The van der Waals surface area contributed by atoms with E-state index in [-0.39, 0.29) is 13.3 Å². The van der Waals surface area contributed by atoms with Crippen LogP contribution in [0.2, 0.25) is 0 Å². The highest BCUT2D eigenvalue weighted by Gasteiger charge is 2.15. The first-order valence-corrected chi connectivity index (χ1v) is 7.52. The summed E-state index contributed by atoms with van der Waals surface area (Å²) in [6.45, 7) is 6.51. The van der Waals surface area contributed by atoms with Gasteiger partial charge in [0.25, 0.3) is 5.91 Å². The highest BCUT2D eigenvalue weighted by atomic mass is 32.2. The molecular formula is C14H21N5OS. The number of anilines is 1. The van der Waals surface area contributed by atoms with Gasteiger partial charge in [-0.25, -0.2) is 4.68 Å². The molecular weight excluding hydrogens is 286 g/mol. The van der Waals surface area contributed by atoms with Crippen LogP contribution < -0.4 is 5.32 Å². The number of tetrazole rings is 1. The lowest BCUT2D eigenvalue weighted by molar-refractivity contribution is 0.102. The maximum atomic E-state index is 12.4. The van der Waals surface area contributed by atoms with Crippen molar-refractivity contribution in [2.24, 2.45) is 0 Å². The van der Waals surface area contributed by atoms with Crippen LogP contribution in [0.25, 0.3) is 0 Å². The average Bonchev–Trinajstić information content (AvgIpc) is 2.86. The number of rotatable bonds is 4. The SMILES string of the molecule is C.CCn1nnnc1NC(=O)c1ccc(C)c(SC)c1C. The van der Waals surface area contributed by atoms with E-state index in [4.69, 9.17) is 0 Å². The molecule has 1 aromatic carbocycles. The Morgan fingerprint density at radius 1 is 1.38 bits per heavy atom. The monoisotopic (exact) mass is 307 g/mol. The van der Waals surface area contributed by atoms with Gasteiger partial charge in [0.05, 0.1) is 0 Å². The zero-order chi connectivity index (χ0) is 14.7. The van der Waals surface area contributed by atoms with Crippen LogP contribution in [-0.4, -0.2) is 32.4 Å². The lowest BCUT2D eigenvalue weighted by atomic mass is 10.1. The molecule has 0 saturated heterocycles. The molecule has 1 aromatic heterocycles. The van der Waals surface area contributed by atoms with Crippen molar-refractivity contribution in [1.82, 2.24) is 20.2 Å². The predicted octanol–water partition coefficient (Wildman–Crippen LogP) is 2.92. The molecule has 0 spiro atoms. The van der Waals surface area contributed by atoms with Crippen molar-refractivity contribution < 1.29 is 4.79 Å². The third-order valence-electron chi connectivity index (χ3n) is 3.11. The predicted molar refractivity (Wildman–Crippen MR) is 85.9 cm³/mol. The molecule has 0 bridgehead atoms. The molecule has 1 heterocycles. The van der Waals surface area contributed by atoms with Crippen LogP contribution in [0.4, 0.5) is 5.95 Å². The van der Waals surface area contributed by atoms with Crippen molar-refractivity contribution >= 4 is 23.6 Å². The molecule has 0 aliphatic carbocycles. The Morgan fingerprint density at radius 2 is 2.10 bits per heavy atom. The van der Waals surface area contributed by atoms with Gasteiger partial charge in [-0.2, -0.15) is 0 Å². The van der Waals surface area contributed by atoms with E-state index in [9.17, 15) is 4.79 Å². The van der Waals surface area contributed by atoms with Crippen molar-refractivity contribution in [3.63, 3.8) is 0 Å². The molecule has 1 amide bonds. The van der Waals surface area contributed by atoms with E-state index in [2.05, 4.69) is 20.8 Å². The van der Waals surface area contributed by atoms with Crippen LogP contribution in [0, 0.1) is 13.8 Å². The fourth-order valence-electron chi connectivity index (χ4n) is 2.06. The first-order valence-electron chi connectivity index (χ1n) is 6.30. The number of carbonyl (C=O) groups excluding carboxylic acids is 1. The summed E-state index contributed by atoms with van der Waals surface area (Å²) < 4.78 is 1.54. The summed E-state index contributed by atoms with van der Waals surface area (Å²) in [4.78, 5) is 13.5. The highest BCUT2D eigenvalue weighted by Crippen LogP contribution is 2.27. The summed E-state index contributed by atoms with van der Waals surface area (Å²) in [5, 5.41) is 13.9. The van der Waals surface area contributed by atoms with Crippen LogP contribution >= 0.6 is 11.8 Å². The molecule has 7 heteroatoms.